The second kappa shape index (κ2) is 5.65. The fraction of sp³-hybridized carbons (Fsp3) is 0.111. The van der Waals surface area contributed by atoms with Gasteiger partial charge in [0, 0.05) is 10.6 Å². The molecule has 0 aromatic heterocycles. The van der Waals surface area contributed by atoms with Gasteiger partial charge in [0.05, 0.1) is 6.54 Å². The van der Waals surface area contributed by atoms with Crippen LogP contribution in [0.1, 0.15) is 10.4 Å². The molecule has 0 heterocycles. The summed E-state index contributed by atoms with van der Waals surface area (Å²) in [6.07, 6.45) is 0. The van der Waals surface area contributed by atoms with Crippen molar-refractivity contribution in [2.75, 3.05) is 6.54 Å². The molecule has 1 aromatic carbocycles. The van der Waals surface area contributed by atoms with Crippen molar-refractivity contribution in [1.29, 1.82) is 0 Å². The van der Waals surface area contributed by atoms with Crippen molar-refractivity contribution in [3.05, 3.63) is 34.9 Å². The number of ketones is 1. The smallest absolute Gasteiger partial charge is 0.181 e. The first kappa shape index (κ1) is 11.9. The lowest BCUT2D eigenvalue weighted by molar-refractivity contribution is 0.0996. The number of thiocarbonyl (C=S) groups is 1. The first-order valence-corrected chi connectivity index (χ1v) is 4.95. The molecule has 6 heteroatoms. The minimum atomic E-state index is -0.102. The third-order valence-corrected chi connectivity index (χ3v) is 2.18. The van der Waals surface area contributed by atoms with E-state index in [1.54, 1.807) is 24.3 Å². The van der Waals surface area contributed by atoms with Crippen molar-refractivity contribution in [2.45, 2.75) is 0 Å². The van der Waals surface area contributed by atoms with Gasteiger partial charge in [-0.1, -0.05) is 23.7 Å². The number of halogens is 1. The topological polar surface area (TPSA) is 67.2 Å². The number of carbonyl (C=O) groups is 1. The molecule has 1 aromatic rings. The average Bonchev–Trinajstić information content (AvgIpc) is 2.25. The van der Waals surface area contributed by atoms with Crippen LogP contribution in [0.3, 0.4) is 0 Å². The first-order valence-electron chi connectivity index (χ1n) is 4.16. The summed E-state index contributed by atoms with van der Waals surface area (Å²) in [4.78, 5) is 11.6. The normalized spacial score (nSPS) is 9.47. The summed E-state index contributed by atoms with van der Waals surface area (Å²) in [5.41, 5.74) is 2.76. The Hall–Kier alpha value is -1.17. The fourth-order valence-corrected chi connectivity index (χ4v) is 1.24. The summed E-state index contributed by atoms with van der Waals surface area (Å²) in [7, 11) is 0. The first-order chi connectivity index (χ1) is 7.13. The zero-order valence-corrected chi connectivity index (χ0v) is 9.36. The molecule has 0 aliphatic rings. The van der Waals surface area contributed by atoms with E-state index >= 15 is 0 Å². The van der Waals surface area contributed by atoms with Crippen molar-refractivity contribution >= 4 is 34.7 Å². The second-order valence-corrected chi connectivity index (χ2v) is 3.61. The Morgan fingerprint density at radius 3 is 2.87 bits per heavy atom. The van der Waals surface area contributed by atoms with E-state index in [0.717, 1.165) is 0 Å². The number of carbonyl (C=O) groups excluding carboxylic acids is 1. The largest absolute Gasteiger partial charge is 0.354 e. The van der Waals surface area contributed by atoms with Crippen molar-refractivity contribution in [3.8, 4) is 0 Å². The maximum absolute atomic E-state index is 11.6. The van der Waals surface area contributed by atoms with Gasteiger partial charge in [-0.25, -0.2) is 5.84 Å². The molecule has 0 fully saturated rings. The quantitative estimate of drug-likeness (QED) is 0.318. The summed E-state index contributed by atoms with van der Waals surface area (Å²) in [5.74, 6) is 4.93. The van der Waals surface area contributed by atoms with Crippen LogP contribution < -0.4 is 16.6 Å². The van der Waals surface area contributed by atoms with E-state index < -0.39 is 0 Å². The van der Waals surface area contributed by atoms with Gasteiger partial charge in [0.1, 0.15) is 0 Å². The molecule has 0 spiro atoms. The SMILES string of the molecule is NNC(=S)NCC(=O)c1cccc(Cl)c1. The molecule has 1 rings (SSSR count). The van der Waals surface area contributed by atoms with Gasteiger partial charge in [0.25, 0.3) is 0 Å². The molecule has 0 aliphatic carbocycles. The van der Waals surface area contributed by atoms with Crippen LogP contribution in [0.15, 0.2) is 24.3 Å². The highest BCUT2D eigenvalue weighted by Crippen LogP contribution is 2.10. The molecule has 0 aliphatic heterocycles. The molecule has 15 heavy (non-hydrogen) atoms. The van der Waals surface area contributed by atoms with Gasteiger partial charge >= 0.3 is 0 Å². The maximum atomic E-state index is 11.6. The molecule has 0 saturated carbocycles. The average molecular weight is 244 g/mol. The van der Waals surface area contributed by atoms with Gasteiger partial charge in [0.2, 0.25) is 0 Å². The highest BCUT2D eigenvalue weighted by Gasteiger charge is 2.05. The van der Waals surface area contributed by atoms with E-state index in [9.17, 15) is 4.79 Å². The van der Waals surface area contributed by atoms with Crippen LogP contribution in [-0.2, 0) is 0 Å². The van der Waals surface area contributed by atoms with Crippen LogP contribution in [-0.4, -0.2) is 17.4 Å². The number of hydrazine groups is 1. The lowest BCUT2D eigenvalue weighted by Gasteiger charge is -2.05. The Balaban J connectivity index is 2.58. The Morgan fingerprint density at radius 2 is 2.27 bits per heavy atom. The van der Waals surface area contributed by atoms with Gasteiger partial charge in [-0.2, -0.15) is 0 Å². The van der Waals surface area contributed by atoms with Crippen molar-refractivity contribution in [3.63, 3.8) is 0 Å². The third kappa shape index (κ3) is 3.83. The minimum Gasteiger partial charge on any atom is -0.354 e. The van der Waals surface area contributed by atoms with Crippen molar-refractivity contribution in [1.82, 2.24) is 10.7 Å². The molecular weight excluding hydrogens is 234 g/mol. The molecule has 4 nitrogen and oxygen atoms in total. The molecule has 0 amide bonds. The van der Waals surface area contributed by atoms with Gasteiger partial charge in [-0.15, -0.1) is 0 Å². The molecule has 0 radical (unpaired) electrons. The van der Waals surface area contributed by atoms with E-state index in [2.05, 4.69) is 10.7 Å². The maximum Gasteiger partial charge on any atom is 0.181 e. The van der Waals surface area contributed by atoms with E-state index in [1.807, 2.05) is 0 Å². The summed E-state index contributed by atoms with van der Waals surface area (Å²) in [6.45, 7) is 0.0867. The van der Waals surface area contributed by atoms with E-state index in [-0.39, 0.29) is 17.4 Å². The fourth-order valence-electron chi connectivity index (χ4n) is 0.976. The van der Waals surface area contributed by atoms with Crippen molar-refractivity contribution in [2.24, 2.45) is 5.84 Å². The summed E-state index contributed by atoms with van der Waals surface area (Å²) in [6, 6.07) is 6.71. The zero-order chi connectivity index (χ0) is 11.3. The minimum absolute atomic E-state index is 0.0867. The third-order valence-electron chi connectivity index (χ3n) is 1.69. The van der Waals surface area contributed by atoms with Crippen LogP contribution in [0, 0.1) is 0 Å². The number of rotatable bonds is 3. The zero-order valence-electron chi connectivity index (χ0n) is 7.79. The van der Waals surface area contributed by atoms with Crippen LogP contribution in [0.2, 0.25) is 5.02 Å². The van der Waals surface area contributed by atoms with E-state index in [0.29, 0.717) is 10.6 Å². The van der Waals surface area contributed by atoms with Gasteiger partial charge in [0.15, 0.2) is 10.9 Å². The molecule has 80 valence electrons. The molecule has 0 unspecified atom stereocenters. The highest BCUT2D eigenvalue weighted by atomic mass is 35.5. The molecule has 4 N–H and O–H groups in total. The number of nitrogens with one attached hydrogen (secondary N) is 2. The predicted octanol–water partition coefficient (Wildman–Crippen LogP) is 0.861. The number of hydrogen-bond donors (Lipinski definition) is 3. The molecule has 0 atom stereocenters. The van der Waals surface area contributed by atoms with Gasteiger partial charge < -0.3 is 10.7 Å². The number of benzene rings is 1. The Morgan fingerprint density at radius 1 is 1.53 bits per heavy atom. The molecule has 0 saturated heterocycles. The van der Waals surface area contributed by atoms with Crippen LogP contribution in [0.25, 0.3) is 0 Å². The lowest BCUT2D eigenvalue weighted by Crippen LogP contribution is -2.41. The second-order valence-electron chi connectivity index (χ2n) is 2.76. The Bertz CT molecular complexity index is 383. The Labute approximate surface area is 97.8 Å². The van der Waals surface area contributed by atoms with Crippen molar-refractivity contribution < 1.29 is 4.79 Å². The Kier molecular flexibility index (Phi) is 4.48. The summed E-state index contributed by atoms with van der Waals surface area (Å²) < 4.78 is 0. The van der Waals surface area contributed by atoms with E-state index in [1.165, 1.54) is 0 Å². The van der Waals surface area contributed by atoms with Crippen LogP contribution in [0.4, 0.5) is 0 Å². The van der Waals surface area contributed by atoms with Crippen LogP contribution >= 0.6 is 23.8 Å². The predicted molar refractivity (Wildman–Crippen MR) is 63.7 cm³/mol. The van der Waals surface area contributed by atoms with Gasteiger partial charge in [-0.05, 0) is 24.4 Å². The standard InChI is InChI=1S/C9H10ClN3OS/c10-7-3-1-2-6(4-7)8(14)5-12-9(15)13-11/h1-4H,5,11H2,(H2,12,13,15). The van der Waals surface area contributed by atoms with Gasteiger partial charge in [-0.3, -0.25) is 4.79 Å². The summed E-state index contributed by atoms with van der Waals surface area (Å²) >= 11 is 10.5. The lowest BCUT2D eigenvalue weighted by atomic mass is 10.1. The molecule has 0 bridgehead atoms. The highest BCUT2D eigenvalue weighted by molar-refractivity contribution is 7.80. The number of nitrogens with two attached hydrogens (primary N) is 1. The summed E-state index contributed by atoms with van der Waals surface area (Å²) in [5, 5.41) is 3.41. The number of hydrogen-bond acceptors (Lipinski definition) is 3. The number of Topliss-reactive ketones (excluding diaryl/α,β-unsaturated/α-hetero) is 1. The van der Waals surface area contributed by atoms with Crippen LogP contribution in [0.5, 0.6) is 0 Å². The van der Waals surface area contributed by atoms with E-state index in [4.69, 9.17) is 29.7 Å². The monoisotopic (exact) mass is 243 g/mol. The molecular formula is C9H10ClN3OS.